The Morgan fingerprint density at radius 3 is 2.50 bits per heavy atom. The van der Waals surface area contributed by atoms with Crippen molar-refractivity contribution in [2.45, 2.75) is 13.8 Å². The lowest BCUT2D eigenvalue weighted by Crippen LogP contribution is -2.05. The van der Waals surface area contributed by atoms with E-state index in [9.17, 15) is 4.79 Å². The molecule has 0 aliphatic rings. The lowest BCUT2D eigenvalue weighted by atomic mass is 10.1. The molecule has 3 nitrogen and oxygen atoms in total. The Balaban J connectivity index is 2.31. The zero-order valence-corrected chi connectivity index (χ0v) is 10.3. The van der Waals surface area contributed by atoms with Gasteiger partial charge in [0.1, 0.15) is 5.58 Å². The fraction of sp³-hybridized carbons (Fsp3) is 0.133. The first kappa shape index (κ1) is 10.8. The number of benzene rings is 1. The van der Waals surface area contributed by atoms with Gasteiger partial charge in [-0.2, -0.15) is 0 Å². The largest absolute Gasteiger partial charge is 0.422 e. The fourth-order valence-electron chi connectivity index (χ4n) is 2.10. The third kappa shape index (κ3) is 1.56. The Morgan fingerprint density at radius 2 is 1.78 bits per heavy atom. The van der Waals surface area contributed by atoms with Gasteiger partial charge in [0.15, 0.2) is 0 Å². The van der Waals surface area contributed by atoms with E-state index in [4.69, 9.17) is 4.42 Å². The minimum atomic E-state index is -0.260. The molecule has 0 aliphatic heterocycles. The molecule has 0 spiro atoms. The molecule has 0 saturated carbocycles. The molecule has 0 N–H and O–H groups in total. The molecule has 1 aromatic carbocycles. The fourth-order valence-corrected chi connectivity index (χ4v) is 2.10. The summed E-state index contributed by atoms with van der Waals surface area (Å²) < 4.78 is 7.32. The summed E-state index contributed by atoms with van der Waals surface area (Å²) in [6.45, 7) is 3.74. The molecule has 2 aromatic heterocycles. The van der Waals surface area contributed by atoms with E-state index in [1.54, 1.807) is 6.92 Å². The third-order valence-electron chi connectivity index (χ3n) is 3.34. The maximum atomic E-state index is 11.7. The summed E-state index contributed by atoms with van der Waals surface area (Å²) in [6.07, 6.45) is 3.92. The Bertz CT molecular complexity index is 767. The summed E-state index contributed by atoms with van der Waals surface area (Å²) in [7, 11) is 0. The minimum absolute atomic E-state index is 0.260. The molecule has 0 fully saturated rings. The van der Waals surface area contributed by atoms with Crippen LogP contribution in [0.25, 0.3) is 16.7 Å². The van der Waals surface area contributed by atoms with Gasteiger partial charge in [-0.15, -0.1) is 0 Å². The molecule has 0 saturated heterocycles. The minimum Gasteiger partial charge on any atom is -0.422 e. The van der Waals surface area contributed by atoms with Crippen molar-refractivity contribution in [1.82, 2.24) is 4.57 Å². The smallest absolute Gasteiger partial charge is 0.339 e. The van der Waals surface area contributed by atoms with Crippen LogP contribution in [-0.4, -0.2) is 4.57 Å². The van der Waals surface area contributed by atoms with Gasteiger partial charge >= 0.3 is 5.63 Å². The highest BCUT2D eigenvalue weighted by molar-refractivity contribution is 5.82. The van der Waals surface area contributed by atoms with E-state index in [-0.39, 0.29) is 5.63 Å². The SMILES string of the molecule is Cc1c(C)c2ccc(-n3cccc3)cc2oc1=O. The van der Waals surface area contributed by atoms with Crippen LogP contribution in [0.2, 0.25) is 0 Å². The van der Waals surface area contributed by atoms with E-state index in [1.165, 1.54) is 0 Å². The van der Waals surface area contributed by atoms with Crippen molar-refractivity contribution in [3.05, 3.63) is 64.3 Å². The summed E-state index contributed by atoms with van der Waals surface area (Å²) in [5.74, 6) is 0. The van der Waals surface area contributed by atoms with Crippen molar-refractivity contribution in [2.75, 3.05) is 0 Å². The molecule has 0 unspecified atom stereocenters. The van der Waals surface area contributed by atoms with Crippen LogP contribution >= 0.6 is 0 Å². The van der Waals surface area contributed by atoms with Gasteiger partial charge < -0.3 is 8.98 Å². The number of fused-ring (bicyclic) bond motifs is 1. The summed E-state index contributed by atoms with van der Waals surface area (Å²) in [6, 6.07) is 9.83. The predicted octanol–water partition coefficient (Wildman–Crippen LogP) is 3.20. The van der Waals surface area contributed by atoms with Gasteiger partial charge in [0.05, 0.1) is 0 Å². The average Bonchev–Trinajstić information content (AvgIpc) is 2.89. The Morgan fingerprint density at radius 1 is 1.06 bits per heavy atom. The molecule has 3 rings (SSSR count). The quantitative estimate of drug-likeness (QED) is 0.611. The first-order valence-corrected chi connectivity index (χ1v) is 5.84. The van der Waals surface area contributed by atoms with Crippen molar-refractivity contribution >= 4 is 11.0 Å². The van der Waals surface area contributed by atoms with E-state index in [2.05, 4.69) is 0 Å². The summed E-state index contributed by atoms with van der Waals surface area (Å²) in [5.41, 5.74) is 3.02. The summed E-state index contributed by atoms with van der Waals surface area (Å²) >= 11 is 0. The number of aromatic nitrogens is 1. The molecule has 0 bridgehead atoms. The highest BCUT2D eigenvalue weighted by Crippen LogP contribution is 2.22. The van der Waals surface area contributed by atoms with Gasteiger partial charge in [0.25, 0.3) is 0 Å². The molecular formula is C15H13NO2. The van der Waals surface area contributed by atoms with Crippen LogP contribution in [0.1, 0.15) is 11.1 Å². The van der Waals surface area contributed by atoms with Crippen LogP contribution in [0, 0.1) is 13.8 Å². The van der Waals surface area contributed by atoms with Crippen LogP contribution in [0.15, 0.2) is 51.9 Å². The lowest BCUT2D eigenvalue weighted by Gasteiger charge is -2.07. The average molecular weight is 239 g/mol. The van der Waals surface area contributed by atoms with Crippen molar-refractivity contribution in [1.29, 1.82) is 0 Å². The van der Waals surface area contributed by atoms with Crippen LogP contribution in [-0.2, 0) is 0 Å². The van der Waals surface area contributed by atoms with Crippen LogP contribution < -0.4 is 5.63 Å². The molecular weight excluding hydrogens is 226 g/mol. The molecule has 2 heterocycles. The summed E-state index contributed by atoms with van der Waals surface area (Å²) in [5, 5.41) is 0.989. The van der Waals surface area contributed by atoms with E-state index in [1.807, 2.05) is 54.2 Å². The predicted molar refractivity (Wildman–Crippen MR) is 71.3 cm³/mol. The number of aryl methyl sites for hydroxylation is 1. The van der Waals surface area contributed by atoms with Crippen molar-refractivity contribution < 1.29 is 4.42 Å². The first-order valence-electron chi connectivity index (χ1n) is 5.84. The van der Waals surface area contributed by atoms with Gasteiger partial charge in [-0.05, 0) is 43.7 Å². The monoisotopic (exact) mass is 239 g/mol. The standard InChI is InChI=1S/C15H13NO2/c1-10-11(2)15(17)18-14-9-12(5-6-13(10)14)16-7-3-4-8-16/h3-9H,1-2H3. The normalized spacial score (nSPS) is 11.0. The second-order valence-corrected chi connectivity index (χ2v) is 4.41. The van der Waals surface area contributed by atoms with E-state index in [0.717, 1.165) is 16.6 Å². The molecule has 3 heteroatoms. The molecule has 18 heavy (non-hydrogen) atoms. The van der Waals surface area contributed by atoms with E-state index >= 15 is 0 Å². The number of rotatable bonds is 1. The second-order valence-electron chi connectivity index (χ2n) is 4.41. The van der Waals surface area contributed by atoms with Crippen LogP contribution in [0.3, 0.4) is 0 Å². The molecule has 90 valence electrons. The Kier molecular flexibility index (Phi) is 2.33. The van der Waals surface area contributed by atoms with Gasteiger partial charge in [0, 0.05) is 35.1 Å². The van der Waals surface area contributed by atoms with E-state index < -0.39 is 0 Å². The zero-order valence-electron chi connectivity index (χ0n) is 10.3. The van der Waals surface area contributed by atoms with Crippen molar-refractivity contribution in [2.24, 2.45) is 0 Å². The van der Waals surface area contributed by atoms with Gasteiger partial charge in [-0.3, -0.25) is 0 Å². The third-order valence-corrected chi connectivity index (χ3v) is 3.34. The van der Waals surface area contributed by atoms with Crippen LogP contribution in [0.5, 0.6) is 0 Å². The second kappa shape index (κ2) is 3.88. The molecule has 0 aliphatic carbocycles. The topological polar surface area (TPSA) is 35.1 Å². The Labute approximate surface area is 104 Å². The number of hydrogen-bond donors (Lipinski definition) is 0. The van der Waals surface area contributed by atoms with E-state index in [0.29, 0.717) is 11.1 Å². The van der Waals surface area contributed by atoms with Crippen LogP contribution in [0.4, 0.5) is 0 Å². The number of nitrogens with zero attached hydrogens (tertiary/aromatic N) is 1. The van der Waals surface area contributed by atoms with Gasteiger partial charge in [0.2, 0.25) is 0 Å². The highest BCUT2D eigenvalue weighted by atomic mass is 16.4. The van der Waals surface area contributed by atoms with Crippen molar-refractivity contribution in [3.8, 4) is 5.69 Å². The lowest BCUT2D eigenvalue weighted by molar-refractivity contribution is 0.553. The highest BCUT2D eigenvalue weighted by Gasteiger charge is 2.08. The zero-order chi connectivity index (χ0) is 12.7. The summed E-state index contributed by atoms with van der Waals surface area (Å²) in [4.78, 5) is 11.7. The molecule has 0 atom stereocenters. The molecule has 0 amide bonds. The number of hydrogen-bond acceptors (Lipinski definition) is 2. The maximum absolute atomic E-state index is 11.7. The van der Waals surface area contributed by atoms with Crippen molar-refractivity contribution in [3.63, 3.8) is 0 Å². The molecule has 3 aromatic rings. The Hall–Kier alpha value is -2.29. The van der Waals surface area contributed by atoms with Gasteiger partial charge in [-0.25, -0.2) is 4.79 Å². The molecule has 0 radical (unpaired) electrons. The van der Waals surface area contributed by atoms with Gasteiger partial charge in [-0.1, -0.05) is 0 Å². The first-order chi connectivity index (χ1) is 8.66. The maximum Gasteiger partial charge on any atom is 0.339 e.